The summed E-state index contributed by atoms with van der Waals surface area (Å²) in [7, 11) is 3.31. The quantitative estimate of drug-likeness (QED) is 0.0268. The summed E-state index contributed by atoms with van der Waals surface area (Å²) in [5, 5.41) is 86.8. The molecule has 32 heteroatoms. The minimum atomic E-state index is -1.44. The highest BCUT2D eigenvalue weighted by molar-refractivity contribution is 8.76. The Bertz CT molecular complexity index is 1560. The van der Waals surface area contributed by atoms with Crippen molar-refractivity contribution in [2.24, 2.45) is 57.3 Å². The molecule has 0 amide bonds. The lowest BCUT2D eigenvalue weighted by atomic mass is 9.84. The predicted octanol–water partition coefficient (Wildman–Crippen LogP) is -8.68. The predicted molar refractivity (Wildman–Crippen MR) is 284 cm³/mol. The molecule has 4 heterocycles. The summed E-state index contributed by atoms with van der Waals surface area (Å²) < 4.78 is 59.4. The minimum Gasteiger partial charge on any atom is -0.390 e. The molecule has 2 aliphatic carbocycles. The van der Waals surface area contributed by atoms with Crippen molar-refractivity contribution in [3.05, 3.63) is 0 Å². The van der Waals surface area contributed by atoms with Gasteiger partial charge in [0.05, 0.1) is 99.4 Å². The van der Waals surface area contributed by atoms with Crippen LogP contribution in [0.1, 0.15) is 25.7 Å². The van der Waals surface area contributed by atoms with E-state index in [2.05, 4.69) is 0 Å². The molecule has 0 aromatic rings. The van der Waals surface area contributed by atoms with Crippen LogP contribution in [0.3, 0.4) is 0 Å². The van der Waals surface area contributed by atoms with Gasteiger partial charge >= 0.3 is 0 Å². The first-order valence-corrected chi connectivity index (χ1v) is 30.7. The largest absolute Gasteiger partial charge is 0.390 e. The summed E-state index contributed by atoms with van der Waals surface area (Å²) in [4.78, 5) is 0. The molecule has 0 spiro atoms. The van der Waals surface area contributed by atoms with Gasteiger partial charge in [-0.1, -0.05) is 21.6 Å². The highest BCUT2D eigenvalue weighted by Gasteiger charge is 2.52. The first-order chi connectivity index (χ1) is 36.2. The van der Waals surface area contributed by atoms with E-state index in [0.717, 1.165) is 11.5 Å². The van der Waals surface area contributed by atoms with E-state index in [9.17, 15) is 40.9 Å². The summed E-state index contributed by atoms with van der Waals surface area (Å²) in [6, 6.07) is -6.63. The van der Waals surface area contributed by atoms with Gasteiger partial charge in [0.25, 0.3) is 0 Å². The number of rotatable bonds is 27. The molecule has 28 nitrogen and oxygen atoms in total. The van der Waals surface area contributed by atoms with E-state index in [-0.39, 0.29) is 38.8 Å². The highest BCUT2D eigenvalue weighted by atomic mass is 33.1. The van der Waals surface area contributed by atoms with Crippen LogP contribution in [-0.2, 0) is 47.4 Å². The molecule has 2 saturated carbocycles. The molecule has 6 rings (SSSR count). The molecule has 10 unspecified atom stereocenters. The van der Waals surface area contributed by atoms with Crippen LogP contribution in [0.4, 0.5) is 0 Å². The fraction of sp³-hybridized carbons (Fsp3) is 1.00. The van der Waals surface area contributed by atoms with Gasteiger partial charge in [-0.25, -0.2) is 0 Å². The molecule has 0 aromatic heterocycles. The Hall–Kier alpha value is 0.280. The second-order valence-electron chi connectivity index (χ2n) is 20.2. The molecule has 6 aliphatic rings. The number of nitrogens with two attached hydrogens (primary N) is 10. The van der Waals surface area contributed by atoms with Gasteiger partial charge in [-0.2, -0.15) is 23.5 Å². The van der Waals surface area contributed by atoms with Gasteiger partial charge in [-0.15, -0.1) is 0 Å². The van der Waals surface area contributed by atoms with E-state index in [1.54, 1.807) is 21.6 Å². The fourth-order valence-corrected chi connectivity index (χ4v) is 13.5. The van der Waals surface area contributed by atoms with Crippen molar-refractivity contribution >= 4 is 45.1 Å². The minimum absolute atomic E-state index is 0.0334. The van der Waals surface area contributed by atoms with Gasteiger partial charge in [0, 0.05) is 71.8 Å². The Morgan fingerprint density at radius 1 is 0.368 bits per heavy atom. The molecule has 28 atom stereocenters. The van der Waals surface area contributed by atoms with E-state index < -0.39 is 171 Å². The van der Waals surface area contributed by atoms with Gasteiger partial charge < -0.3 is 146 Å². The zero-order chi connectivity index (χ0) is 55.4. The Balaban J connectivity index is 0.803. The highest BCUT2D eigenvalue weighted by Crippen LogP contribution is 2.34. The van der Waals surface area contributed by atoms with Gasteiger partial charge in [0.15, 0.2) is 25.2 Å². The smallest absolute Gasteiger partial charge is 0.186 e. The number of aliphatic hydroxyl groups is 8. The van der Waals surface area contributed by atoms with Crippen LogP contribution in [0.25, 0.3) is 0 Å². The third kappa shape index (κ3) is 17.4. The SMILES string of the molecule is NCC1O[C@H](OC2[C@@H](N)CC(N)[C@H](O[C@H]3O[C@H](CSCCOCCSSCCOCCSCC4O[C@H](O[C@@H]5C(O)C(O[C@H]6O[C@H](CN)[C@@H](O)CC6N)[C@@H](N)C[C@H]5N)C(O)[C@@H](N)[C@@H]4O)[C@@H](O)C(N)C3O)[C@H]2O)[C@@H](N)C[C@@H]1O. The molecular weight excluding hydrogens is 1080 g/mol. The number of hydrogen-bond donors (Lipinski definition) is 18. The lowest BCUT2D eigenvalue weighted by Crippen LogP contribution is -2.68. The Labute approximate surface area is 459 Å². The fourth-order valence-electron chi connectivity index (χ4n) is 9.97. The maximum absolute atomic E-state index is 11.4. The van der Waals surface area contributed by atoms with Gasteiger partial charge in [-0.3, -0.25) is 0 Å². The summed E-state index contributed by atoms with van der Waals surface area (Å²) in [6.45, 7) is 1.99. The second-order valence-corrected chi connectivity index (χ2v) is 25.2. The van der Waals surface area contributed by atoms with E-state index >= 15 is 0 Å². The van der Waals surface area contributed by atoms with Crippen LogP contribution in [0.2, 0.25) is 0 Å². The first kappa shape index (κ1) is 65.4. The Morgan fingerprint density at radius 2 is 0.684 bits per heavy atom. The van der Waals surface area contributed by atoms with Gasteiger partial charge in [0.2, 0.25) is 0 Å². The summed E-state index contributed by atoms with van der Waals surface area (Å²) in [5.74, 6) is 3.30. The number of ether oxygens (including phenoxy) is 10. The average molecular weight is 1170 g/mol. The van der Waals surface area contributed by atoms with Crippen molar-refractivity contribution in [3.63, 3.8) is 0 Å². The zero-order valence-electron chi connectivity index (χ0n) is 42.5. The number of thioether (sulfide) groups is 2. The van der Waals surface area contributed by atoms with Crippen molar-refractivity contribution in [2.45, 2.75) is 197 Å². The first-order valence-electron chi connectivity index (χ1n) is 25.9. The monoisotopic (exact) mass is 1170 g/mol. The average Bonchev–Trinajstić information content (AvgIpc) is 3.39. The molecule has 4 aliphatic heterocycles. The van der Waals surface area contributed by atoms with Crippen LogP contribution in [0.15, 0.2) is 0 Å². The van der Waals surface area contributed by atoms with Crippen molar-refractivity contribution in [1.82, 2.24) is 0 Å². The zero-order valence-corrected chi connectivity index (χ0v) is 45.8. The van der Waals surface area contributed by atoms with Crippen LogP contribution >= 0.6 is 45.1 Å². The molecule has 0 aromatic carbocycles. The third-order valence-electron chi connectivity index (χ3n) is 14.5. The molecule has 6 fully saturated rings. The Morgan fingerprint density at radius 3 is 1.03 bits per heavy atom. The summed E-state index contributed by atoms with van der Waals surface area (Å²) >= 11 is 2.94. The lowest BCUT2D eigenvalue weighted by Gasteiger charge is -2.48. The normalized spacial score (nSPS) is 46.5. The van der Waals surface area contributed by atoms with E-state index in [1.165, 1.54) is 23.5 Å². The number of hydrogen-bond acceptors (Lipinski definition) is 32. The van der Waals surface area contributed by atoms with Crippen molar-refractivity contribution in [1.29, 1.82) is 0 Å². The molecular formula is C44H88N10O18S4. The van der Waals surface area contributed by atoms with E-state index in [4.69, 9.17) is 105 Å². The Kier molecular flexibility index (Phi) is 27.4. The number of aliphatic hydroxyl groups excluding tert-OH is 8. The van der Waals surface area contributed by atoms with Crippen LogP contribution in [0.5, 0.6) is 0 Å². The molecule has 0 bridgehead atoms. The molecule has 446 valence electrons. The molecule has 76 heavy (non-hydrogen) atoms. The van der Waals surface area contributed by atoms with Crippen LogP contribution in [0, 0.1) is 0 Å². The molecule has 0 radical (unpaired) electrons. The van der Waals surface area contributed by atoms with E-state index in [1.807, 2.05) is 0 Å². The third-order valence-corrected chi connectivity index (χ3v) is 18.9. The lowest BCUT2D eigenvalue weighted by molar-refractivity contribution is -0.309. The molecule has 28 N–H and O–H groups in total. The van der Waals surface area contributed by atoms with Crippen molar-refractivity contribution in [2.75, 3.05) is 74.0 Å². The maximum atomic E-state index is 11.4. The topological polar surface area (TPSA) is 514 Å². The van der Waals surface area contributed by atoms with Crippen LogP contribution in [-0.4, -0.2) is 286 Å². The van der Waals surface area contributed by atoms with Crippen molar-refractivity contribution < 1.29 is 88.2 Å². The summed E-state index contributed by atoms with van der Waals surface area (Å²) in [6.07, 6.45) is -21.1. The molecule has 4 saturated heterocycles. The van der Waals surface area contributed by atoms with Crippen LogP contribution < -0.4 is 57.3 Å². The van der Waals surface area contributed by atoms with Gasteiger partial charge in [0.1, 0.15) is 48.8 Å². The standard InChI is InChI=1S/C44H88N10O18S4/c45-13-25-23(55)11-21(51)41(65-25)69-37-17(47)9-19(49)39(35(37)61)71-43-33(59)29(53)31(57)27(67-43)15-73-5-1-63-3-7-75-76-8-4-64-2-6-74-16-28-32(58)30(54)34(60)44(68-28)72-40-20(50)10-18(48)38(36(40)62)70-42-22(52)12-24(56)26(14-46)66-42/h17-44,55-62H,1-16,45-54H2/t17-,18-,19+,20?,21?,22-,23-,24-,25+,26?,27?,28+,29-,30?,31+,32+,33?,34?,35?,36-,37?,38?,39-,40-,41+,42+,43+,44+/m0/s1. The maximum Gasteiger partial charge on any atom is 0.186 e. The van der Waals surface area contributed by atoms with Gasteiger partial charge in [-0.05, 0) is 25.7 Å². The van der Waals surface area contributed by atoms with Crippen molar-refractivity contribution in [3.8, 4) is 0 Å². The second kappa shape index (κ2) is 31.8. The van der Waals surface area contributed by atoms with E-state index in [0.29, 0.717) is 49.4 Å². The summed E-state index contributed by atoms with van der Waals surface area (Å²) in [5.41, 5.74) is 61.7.